The Morgan fingerprint density at radius 3 is 2.63 bits per heavy atom. The van der Waals surface area contributed by atoms with Gasteiger partial charge in [-0.1, -0.05) is 18.2 Å². The molecular formula is C28H35ClN2O3S. The van der Waals surface area contributed by atoms with E-state index in [-0.39, 0.29) is 18.3 Å². The molecule has 1 fully saturated rings. The summed E-state index contributed by atoms with van der Waals surface area (Å²) in [5.74, 6) is 2.21. The smallest absolute Gasteiger partial charge is 0.227 e. The van der Waals surface area contributed by atoms with Crippen molar-refractivity contribution in [3.63, 3.8) is 0 Å². The normalized spacial score (nSPS) is 18.6. The van der Waals surface area contributed by atoms with E-state index in [1.165, 1.54) is 34.1 Å². The van der Waals surface area contributed by atoms with Crippen molar-refractivity contribution in [3.05, 3.63) is 58.5 Å². The summed E-state index contributed by atoms with van der Waals surface area (Å²) in [4.78, 5) is 17.8. The average Bonchev–Trinajstić information content (AvgIpc) is 3.22. The Morgan fingerprint density at radius 2 is 1.83 bits per heavy atom. The SMILES string of the molecule is COc1cc2c(cc1OC)CC(=O)N(CC1CCCN(CCc3csc4ccccc34)C1)CC2.Cl. The predicted molar refractivity (Wildman–Crippen MR) is 145 cm³/mol. The molecule has 0 spiro atoms. The van der Waals surface area contributed by atoms with E-state index in [9.17, 15) is 4.79 Å². The van der Waals surface area contributed by atoms with Crippen LogP contribution in [0.5, 0.6) is 11.5 Å². The third kappa shape index (κ3) is 5.76. The largest absolute Gasteiger partial charge is 0.493 e. The van der Waals surface area contributed by atoms with E-state index in [0.717, 1.165) is 56.9 Å². The molecule has 3 heterocycles. The van der Waals surface area contributed by atoms with Gasteiger partial charge in [-0.25, -0.2) is 0 Å². The maximum atomic E-state index is 13.1. The van der Waals surface area contributed by atoms with Gasteiger partial charge in [0.2, 0.25) is 5.91 Å². The van der Waals surface area contributed by atoms with Crippen molar-refractivity contribution in [2.45, 2.75) is 32.1 Å². The number of nitrogens with zero attached hydrogens (tertiary/aromatic N) is 2. The lowest BCUT2D eigenvalue weighted by molar-refractivity contribution is -0.131. The Labute approximate surface area is 218 Å². The third-order valence-corrected chi connectivity index (χ3v) is 8.40. The van der Waals surface area contributed by atoms with Crippen LogP contribution in [0.4, 0.5) is 0 Å². The van der Waals surface area contributed by atoms with Crippen molar-refractivity contribution in [2.75, 3.05) is 46.9 Å². The summed E-state index contributed by atoms with van der Waals surface area (Å²) in [7, 11) is 3.30. The van der Waals surface area contributed by atoms with Gasteiger partial charge in [-0.05, 0) is 83.8 Å². The number of rotatable bonds is 7. The van der Waals surface area contributed by atoms with Crippen LogP contribution in [0.2, 0.25) is 0 Å². The molecule has 5 nitrogen and oxygen atoms in total. The predicted octanol–water partition coefficient (Wildman–Crippen LogP) is 5.22. The molecule has 0 radical (unpaired) electrons. The lowest BCUT2D eigenvalue weighted by Crippen LogP contribution is -2.43. The molecule has 188 valence electrons. The number of carbonyl (C=O) groups excluding carboxylic acids is 1. The fourth-order valence-corrected chi connectivity index (χ4v) is 6.53. The number of amides is 1. The van der Waals surface area contributed by atoms with Crippen molar-refractivity contribution in [1.82, 2.24) is 9.80 Å². The van der Waals surface area contributed by atoms with Crippen LogP contribution >= 0.6 is 23.7 Å². The summed E-state index contributed by atoms with van der Waals surface area (Å²) in [5.41, 5.74) is 3.73. The Morgan fingerprint density at radius 1 is 1.06 bits per heavy atom. The standard InChI is InChI=1S/C28H34N2O3S.ClH/c1-32-25-14-21-10-13-30(28(31)16-23(21)15-26(25)33-2)18-20-6-5-11-29(17-20)12-9-22-19-34-27-8-4-3-7-24(22)27;/h3-4,7-8,14-15,19-20H,5-6,9-13,16-18H2,1-2H3;1H. The molecule has 0 aliphatic carbocycles. The number of likely N-dealkylation sites (tertiary alicyclic amines) is 1. The van der Waals surface area contributed by atoms with Crippen LogP contribution in [0.1, 0.15) is 29.5 Å². The second-order valence-electron chi connectivity index (χ2n) is 9.56. The maximum Gasteiger partial charge on any atom is 0.227 e. The van der Waals surface area contributed by atoms with Crippen LogP contribution in [-0.2, 0) is 24.1 Å². The third-order valence-electron chi connectivity index (χ3n) is 7.39. The topological polar surface area (TPSA) is 42.0 Å². The van der Waals surface area contributed by atoms with E-state index in [1.54, 1.807) is 14.2 Å². The summed E-state index contributed by atoms with van der Waals surface area (Å²) in [5, 5.41) is 3.73. The van der Waals surface area contributed by atoms with Gasteiger partial charge < -0.3 is 19.3 Å². The Kier molecular flexibility index (Phi) is 8.58. The quantitative estimate of drug-likeness (QED) is 0.433. The minimum atomic E-state index is 0. The molecule has 0 N–H and O–H groups in total. The van der Waals surface area contributed by atoms with Gasteiger partial charge >= 0.3 is 0 Å². The Balaban J connectivity index is 0.00000289. The monoisotopic (exact) mass is 514 g/mol. The molecular weight excluding hydrogens is 480 g/mol. The first-order valence-electron chi connectivity index (χ1n) is 12.3. The zero-order valence-corrected chi connectivity index (χ0v) is 22.3. The van der Waals surface area contributed by atoms with Crippen LogP contribution < -0.4 is 9.47 Å². The van der Waals surface area contributed by atoms with Crippen molar-refractivity contribution in [2.24, 2.45) is 5.92 Å². The molecule has 1 aromatic heterocycles. The van der Waals surface area contributed by atoms with Gasteiger partial charge in [-0.3, -0.25) is 4.79 Å². The van der Waals surface area contributed by atoms with E-state index in [0.29, 0.717) is 18.1 Å². The van der Waals surface area contributed by atoms with Gasteiger partial charge in [0.1, 0.15) is 0 Å². The van der Waals surface area contributed by atoms with E-state index >= 15 is 0 Å². The molecule has 0 bridgehead atoms. The van der Waals surface area contributed by atoms with Gasteiger partial charge in [0.25, 0.3) is 0 Å². The highest BCUT2D eigenvalue weighted by Gasteiger charge is 2.27. The van der Waals surface area contributed by atoms with E-state index in [2.05, 4.69) is 39.4 Å². The second-order valence-corrected chi connectivity index (χ2v) is 10.5. The van der Waals surface area contributed by atoms with Crippen LogP contribution in [0.3, 0.4) is 0 Å². The molecule has 2 aliphatic rings. The number of thiophene rings is 1. The van der Waals surface area contributed by atoms with Crippen molar-refractivity contribution < 1.29 is 14.3 Å². The lowest BCUT2D eigenvalue weighted by atomic mass is 9.96. The number of carbonyl (C=O) groups is 1. The summed E-state index contributed by atoms with van der Waals surface area (Å²) in [6.45, 7) is 4.98. The lowest BCUT2D eigenvalue weighted by Gasteiger charge is -2.35. The maximum absolute atomic E-state index is 13.1. The molecule has 0 saturated carbocycles. The molecule has 5 rings (SSSR count). The number of piperidine rings is 1. The van der Waals surface area contributed by atoms with Crippen molar-refractivity contribution >= 4 is 39.7 Å². The second kappa shape index (κ2) is 11.6. The van der Waals surface area contributed by atoms with Gasteiger partial charge in [-0.2, -0.15) is 0 Å². The Bertz CT molecular complexity index is 1160. The molecule has 1 atom stereocenters. The molecule has 2 aromatic carbocycles. The van der Waals surface area contributed by atoms with Gasteiger partial charge in [-0.15, -0.1) is 23.7 Å². The van der Waals surface area contributed by atoms with Crippen LogP contribution in [0, 0.1) is 5.92 Å². The van der Waals surface area contributed by atoms with Crippen LogP contribution in [0.15, 0.2) is 41.8 Å². The van der Waals surface area contributed by atoms with Gasteiger partial charge in [0.05, 0.1) is 20.6 Å². The zero-order valence-electron chi connectivity index (χ0n) is 20.6. The summed E-state index contributed by atoms with van der Waals surface area (Å²) >= 11 is 1.85. The number of benzene rings is 2. The first kappa shape index (κ1) is 25.8. The van der Waals surface area contributed by atoms with E-state index < -0.39 is 0 Å². The number of ether oxygens (including phenoxy) is 2. The molecule has 1 amide bonds. The molecule has 35 heavy (non-hydrogen) atoms. The highest BCUT2D eigenvalue weighted by molar-refractivity contribution is 7.17. The van der Waals surface area contributed by atoms with E-state index in [4.69, 9.17) is 9.47 Å². The van der Waals surface area contributed by atoms with Crippen LogP contribution in [-0.4, -0.2) is 62.7 Å². The Hall–Kier alpha value is -2.28. The number of hydrogen-bond acceptors (Lipinski definition) is 5. The molecule has 3 aromatic rings. The molecule has 2 aliphatic heterocycles. The van der Waals surface area contributed by atoms with Crippen molar-refractivity contribution in [1.29, 1.82) is 0 Å². The minimum Gasteiger partial charge on any atom is -0.493 e. The number of methoxy groups -OCH3 is 2. The van der Waals surface area contributed by atoms with Gasteiger partial charge in [0, 0.05) is 30.9 Å². The summed E-state index contributed by atoms with van der Waals surface area (Å²) in [6.07, 6.45) is 4.82. The average molecular weight is 515 g/mol. The highest BCUT2D eigenvalue weighted by atomic mass is 35.5. The zero-order chi connectivity index (χ0) is 23.5. The minimum absolute atomic E-state index is 0. The van der Waals surface area contributed by atoms with Gasteiger partial charge in [0.15, 0.2) is 11.5 Å². The number of halogens is 1. The molecule has 1 saturated heterocycles. The number of hydrogen-bond donors (Lipinski definition) is 0. The molecule has 7 heteroatoms. The molecule has 1 unspecified atom stereocenters. The first-order valence-corrected chi connectivity index (χ1v) is 13.2. The van der Waals surface area contributed by atoms with E-state index in [1.807, 2.05) is 23.5 Å². The first-order chi connectivity index (χ1) is 16.6. The van der Waals surface area contributed by atoms with Crippen molar-refractivity contribution in [3.8, 4) is 11.5 Å². The summed E-state index contributed by atoms with van der Waals surface area (Å²) < 4.78 is 12.3. The fraction of sp³-hybridized carbons (Fsp3) is 0.464. The highest BCUT2D eigenvalue weighted by Crippen LogP contribution is 2.33. The summed E-state index contributed by atoms with van der Waals surface area (Å²) in [6, 6.07) is 12.7. The number of fused-ring (bicyclic) bond motifs is 2. The van der Waals surface area contributed by atoms with Crippen LogP contribution in [0.25, 0.3) is 10.1 Å². The fourth-order valence-electron chi connectivity index (χ4n) is 5.53.